The van der Waals surface area contributed by atoms with Crippen LogP contribution < -0.4 is 5.32 Å². The zero-order valence-electron chi connectivity index (χ0n) is 11.3. The summed E-state index contributed by atoms with van der Waals surface area (Å²) in [6, 6.07) is 3.00. The molecular formula is C13H17FN4S. The highest BCUT2D eigenvalue weighted by Crippen LogP contribution is 2.21. The molecule has 19 heavy (non-hydrogen) atoms. The first-order chi connectivity index (χ1) is 8.94. The first-order valence-corrected chi connectivity index (χ1v) is 6.95. The number of hydrogen-bond acceptors (Lipinski definition) is 5. The Morgan fingerprint density at radius 2 is 2.05 bits per heavy atom. The van der Waals surface area contributed by atoms with Crippen molar-refractivity contribution in [1.29, 1.82) is 0 Å². The van der Waals surface area contributed by atoms with Gasteiger partial charge in [0.15, 0.2) is 5.01 Å². The molecule has 0 bridgehead atoms. The van der Waals surface area contributed by atoms with Gasteiger partial charge in [-0.2, -0.15) is 0 Å². The molecule has 1 N–H and O–H groups in total. The van der Waals surface area contributed by atoms with E-state index >= 15 is 0 Å². The van der Waals surface area contributed by atoms with Gasteiger partial charge in [-0.15, -0.1) is 10.2 Å². The van der Waals surface area contributed by atoms with E-state index in [-0.39, 0.29) is 11.4 Å². The van der Waals surface area contributed by atoms with E-state index in [1.807, 2.05) is 0 Å². The summed E-state index contributed by atoms with van der Waals surface area (Å²) in [7, 11) is 0. The molecule has 102 valence electrons. The molecule has 0 radical (unpaired) electrons. The van der Waals surface area contributed by atoms with Gasteiger partial charge in [0.05, 0.1) is 6.20 Å². The van der Waals surface area contributed by atoms with Gasteiger partial charge in [0.1, 0.15) is 16.5 Å². The first kappa shape index (κ1) is 14.0. The number of pyridine rings is 1. The zero-order chi connectivity index (χ0) is 13.9. The Bertz CT molecular complexity index is 530. The second-order valence-corrected chi connectivity index (χ2v) is 6.35. The van der Waals surface area contributed by atoms with Crippen LogP contribution >= 0.6 is 11.3 Å². The molecular weight excluding hydrogens is 263 g/mol. The Hall–Kier alpha value is -1.40. The van der Waals surface area contributed by atoms with Crippen molar-refractivity contribution in [3.8, 4) is 10.7 Å². The summed E-state index contributed by atoms with van der Waals surface area (Å²) in [4.78, 5) is 4.00. The number of nitrogens with one attached hydrogen (secondary N) is 1. The molecule has 0 unspecified atom stereocenters. The predicted octanol–water partition coefficient (Wildman–Crippen LogP) is 2.67. The fourth-order valence-electron chi connectivity index (χ4n) is 1.50. The van der Waals surface area contributed by atoms with Gasteiger partial charge in [-0.3, -0.25) is 4.98 Å². The van der Waals surface area contributed by atoms with Crippen molar-refractivity contribution in [3.05, 3.63) is 29.2 Å². The van der Waals surface area contributed by atoms with E-state index < -0.39 is 0 Å². The van der Waals surface area contributed by atoms with Crippen LogP contribution in [-0.4, -0.2) is 27.3 Å². The predicted molar refractivity (Wildman–Crippen MR) is 74.6 cm³/mol. The SMILES string of the molecule is CC(C)(C)NCCc1nnc(-c2ccc(F)cn2)s1. The lowest BCUT2D eigenvalue weighted by atomic mass is 10.1. The second kappa shape index (κ2) is 5.71. The highest BCUT2D eigenvalue weighted by Gasteiger charge is 2.11. The summed E-state index contributed by atoms with van der Waals surface area (Å²) in [6.07, 6.45) is 2.02. The number of aromatic nitrogens is 3. The molecule has 6 heteroatoms. The average Bonchev–Trinajstić information content (AvgIpc) is 2.77. The van der Waals surface area contributed by atoms with Crippen molar-refractivity contribution in [2.75, 3.05) is 6.54 Å². The second-order valence-electron chi connectivity index (χ2n) is 5.29. The molecule has 0 aromatic carbocycles. The van der Waals surface area contributed by atoms with Gasteiger partial charge in [-0.25, -0.2) is 4.39 Å². The lowest BCUT2D eigenvalue weighted by molar-refractivity contribution is 0.429. The van der Waals surface area contributed by atoms with E-state index in [1.165, 1.54) is 23.6 Å². The number of nitrogens with zero attached hydrogens (tertiary/aromatic N) is 3. The molecule has 0 saturated heterocycles. The van der Waals surface area contributed by atoms with Gasteiger partial charge >= 0.3 is 0 Å². The Morgan fingerprint density at radius 3 is 2.68 bits per heavy atom. The minimum absolute atomic E-state index is 0.103. The van der Waals surface area contributed by atoms with Crippen molar-refractivity contribution in [3.63, 3.8) is 0 Å². The van der Waals surface area contributed by atoms with Crippen molar-refractivity contribution < 1.29 is 4.39 Å². The molecule has 2 aromatic heterocycles. The summed E-state index contributed by atoms with van der Waals surface area (Å²) < 4.78 is 12.8. The van der Waals surface area contributed by atoms with Crippen molar-refractivity contribution in [2.24, 2.45) is 0 Å². The van der Waals surface area contributed by atoms with E-state index in [0.717, 1.165) is 23.0 Å². The highest BCUT2D eigenvalue weighted by atomic mass is 32.1. The minimum Gasteiger partial charge on any atom is -0.312 e. The van der Waals surface area contributed by atoms with Gasteiger partial charge in [0.25, 0.3) is 0 Å². The van der Waals surface area contributed by atoms with E-state index in [4.69, 9.17) is 0 Å². The fraction of sp³-hybridized carbons (Fsp3) is 0.462. The average molecular weight is 280 g/mol. The maximum atomic E-state index is 12.8. The summed E-state index contributed by atoms with van der Waals surface area (Å²) in [5, 5.41) is 13.3. The van der Waals surface area contributed by atoms with Crippen LogP contribution in [0.4, 0.5) is 4.39 Å². The molecule has 0 aliphatic carbocycles. The third-order valence-electron chi connectivity index (χ3n) is 2.41. The van der Waals surface area contributed by atoms with E-state index in [0.29, 0.717) is 5.69 Å². The molecule has 0 spiro atoms. The van der Waals surface area contributed by atoms with Gasteiger partial charge in [-0.05, 0) is 32.9 Å². The summed E-state index contributed by atoms with van der Waals surface area (Å²) in [6.45, 7) is 7.23. The molecule has 0 amide bonds. The number of rotatable bonds is 4. The van der Waals surface area contributed by atoms with Crippen LogP contribution in [-0.2, 0) is 6.42 Å². The summed E-state index contributed by atoms with van der Waals surface area (Å²) >= 11 is 1.50. The number of hydrogen-bond donors (Lipinski definition) is 1. The normalized spacial score (nSPS) is 11.8. The Kier molecular flexibility index (Phi) is 4.21. The van der Waals surface area contributed by atoms with E-state index in [9.17, 15) is 4.39 Å². The lowest BCUT2D eigenvalue weighted by Crippen LogP contribution is -2.37. The van der Waals surface area contributed by atoms with Crippen molar-refractivity contribution in [1.82, 2.24) is 20.5 Å². The third-order valence-corrected chi connectivity index (χ3v) is 3.41. The van der Waals surface area contributed by atoms with Crippen LogP contribution in [0.3, 0.4) is 0 Å². The molecule has 0 aliphatic heterocycles. The highest BCUT2D eigenvalue weighted by molar-refractivity contribution is 7.14. The molecule has 2 heterocycles. The maximum Gasteiger partial charge on any atom is 0.166 e. The van der Waals surface area contributed by atoms with Gasteiger partial charge in [0.2, 0.25) is 0 Å². The Labute approximate surface area is 116 Å². The summed E-state index contributed by atoms with van der Waals surface area (Å²) in [5.74, 6) is -0.345. The smallest absolute Gasteiger partial charge is 0.166 e. The van der Waals surface area contributed by atoms with E-state index in [2.05, 4.69) is 41.3 Å². The van der Waals surface area contributed by atoms with E-state index in [1.54, 1.807) is 6.07 Å². The maximum absolute atomic E-state index is 12.8. The first-order valence-electron chi connectivity index (χ1n) is 6.13. The topological polar surface area (TPSA) is 50.7 Å². The van der Waals surface area contributed by atoms with Crippen LogP contribution in [0.15, 0.2) is 18.3 Å². The minimum atomic E-state index is -0.345. The molecule has 0 fully saturated rings. The standard InChI is InChI=1S/C13H17FN4S/c1-13(2,3)16-7-6-11-17-18-12(19-11)10-5-4-9(14)8-15-10/h4-5,8,16H,6-7H2,1-3H3. The third kappa shape index (κ3) is 4.33. The van der Waals surface area contributed by atoms with Crippen molar-refractivity contribution >= 4 is 11.3 Å². The zero-order valence-corrected chi connectivity index (χ0v) is 12.1. The van der Waals surface area contributed by atoms with Crippen LogP contribution in [0.5, 0.6) is 0 Å². The van der Waals surface area contributed by atoms with Gasteiger partial charge < -0.3 is 5.32 Å². The molecule has 4 nitrogen and oxygen atoms in total. The molecule has 0 atom stereocenters. The largest absolute Gasteiger partial charge is 0.312 e. The quantitative estimate of drug-likeness (QED) is 0.935. The van der Waals surface area contributed by atoms with Crippen LogP contribution in [0.1, 0.15) is 25.8 Å². The summed E-state index contributed by atoms with van der Waals surface area (Å²) in [5.41, 5.74) is 0.764. The Morgan fingerprint density at radius 1 is 1.26 bits per heavy atom. The number of halogens is 1. The molecule has 2 aromatic rings. The molecule has 0 aliphatic rings. The monoisotopic (exact) mass is 280 g/mol. The van der Waals surface area contributed by atoms with Crippen LogP contribution in [0, 0.1) is 5.82 Å². The Balaban J connectivity index is 1.97. The van der Waals surface area contributed by atoms with Gasteiger partial charge in [-0.1, -0.05) is 11.3 Å². The van der Waals surface area contributed by atoms with Gasteiger partial charge in [0, 0.05) is 18.5 Å². The van der Waals surface area contributed by atoms with Crippen LogP contribution in [0.25, 0.3) is 10.7 Å². The lowest BCUT2D eigenvalue weighted by Gasteiger charge is -2.19. The fourth-order valence-corrected chi connectivity index (χ4v) is 2.32. The van der Waals surface area contributed by atoms with Crippen molar-refractivity contribution in [2.45, 2.75) is 32.7 Å². The van der Waals surface area contributed by atoms with Crippen LogP contribution in [0.2, 0.25) is 0 Å². The molecule has 0 saturated carbocycles. The molecule has 2 rings (SSSR count).